The first-order valence-electron chi connectivity index (χ1n) is 6.13. The first kappa shape index (κ1) is 16.7. The molecular weight excluding hydrogens is 335 g/mol. The summed E-state index contributed by atoms with van der Waals surface area (Å²) in [5, 5.41) is 2.81. The van der Waals surface area contributed by atoms with Crippen molar-refractivity contribution in [1.82, 2.24) is 0 Å². The predicted molar refractivity (Wildman–Crippen MR) is 82.6 cm³/mol. The number of hydrogen-bond acceptors (Lipinski definition) is 2. The minimum Gasteiger partial charge on any atom is -0.322 e. The Morgan fingerprint density at radius 2 is 1.77 bits per heavy atom. The highest BCUT2D eigenvalue weighted by Crippen LogP contribution is 2.30. The van der Waals surface area contributed by atoms with E-state index in [1.165, 1.54) is 23.9 Å². The van der Waals surface area contributed by atoms with Crippen LogP contribution in [0.25, 0.3) is 0 Å². The fourth-order valence-electron chi connectivity index (χ4n) is 1.75. The molecule has 0 atom stereocenters. The maximum Gasteiger partial charge on any atom is 0.416 e. The number of hydrogen-bond donors (Lipinski definition) is 1. The minimum absolute atomic E-state index is 0.267. The number of carbonyl (C=O) groups is 1. The number of rotatable bonds is 3. The highest BCUT2D eigenvalue weighted by molar-refractivity contribution is 7.98. The Morgan fingerprint density at radius 3 is 2.32 bits per heavy atom. The number of nitrogens with one attached hydrogen (secondary N) is 1. The van der Waals surface area contributed by atoms with Gasteiger partial charge in [-0.15, -0.1) is 11.8 Å². The molecule has 0 heterocycles. The summed E-state index contributed by atoms with van der Waals surface area (Å²) in [5.74, 6) is -0.472. The Bertz CT molecular complexity index is 686. The SMILES string of the molecule is CSc1ccc(Cl)c(C(=O)Nc2ccc(C(F)(F)F)cc2)c1. The second kappa shape index (κ2) is 6.62. The highest BCUT2D eigenvalue weighted by atomic mass is 35.5. The zero-order chi connectivity index (χ0) is 16.3. The van der Waals surface area contributed by atoms with Gasteiger partial charge in [0.15, 0.2) is 0 Å². The van der Waals surface area contributed by atoms with E-state index in [0.717, 1.165) is 17.0 Å². The lowest BCUT2D eigenvalue weighted by Gasteiger charge is -2.10. The van der Waals surface area contributed by atoms with Crippen LogP contribution in [0.3, 0.4) is 0 Å². The van der Waals surface area contributed by atoms with Crippen molar-refractivity contribution in [3.05, 3.63) is 58.6 Å². The second-order valence-electron chi connectivity index (χ2n) is 4.38. The zero-order valence-corrected chi connectivity index (χ0v) is 12.9. The monoisotopic (exact) mass is 345 g/mol. The van der Waals surface area contributed by atoms with Gasteiger partial charge in [-0.2, -0.15) is 13.2 Å². The molecule has 0 aliphatic rings. The lowest BCUT2D eigenvalue weighted by molar-refractivity contribution is -0.137. The third-order valence-corrected chi connectivity index (χ3v) is 3.94. The van der Waals surface area contributed by atoms with Gasteiger partial charge in [-0.25, -0.2) is 0 Å². The molecule has 0 radical (unpaired) electrons. The molecule has 22 heavy (non-hydrogen) atoms. The summed E-state index contributed by atoms with van der Waals surface area (Å²) >= 11 is 7.44. The molecule has 0 unspecified atom stereocenters. The molecule has 2 rings (SSSR count). The van der Waals surface area contributed by atoms with E-state index in [9.17, 15) is 18.0 Å². The van der Waals surface area contributed by atoms with Crippen molar-refractivity contribution in [3.63, 3.8) is 0 Å². The molecular formula is C15H11ClF3NOS. The number of amides is 1. The average molecular weight is 346 g/mol. The Balaban J connectivity index is 2.19. The van der Waals surface area contributed by atoms with Gasteiger partial charge in [-0.1, -0.05) is 11.6 Å². The van der Waals surface area contributed by atoms with E-state index in [4.69, 9.17) is 11.6 Å². The van der Waals surface area contributed by atoms with E-state index < -0.39 is 17.6 Å². The summed E-state index contributed by atoms with van der Waals surface area (Å²) in [6, 6.07) is 9.24. The topological polar surface area (TPSA) is 29.1 Å². The van der Waals surface area contributed by atoms with Crippen LogP contribution in [0.1, 0.15) is 15.9 Å². The average Bonchev–Trinajstić information content (AvgIpc) is 2.47. The zero-order valence-electron chi connectivity index (χ0n) is 11.4. The van der Waals surface area contributed by atoms with Crippen LogP contribution in [0.4, 0.5) is 18.9 Å². The van der Waals surface area contributed by atoms with E-state index in [-0.39, 0.29) is 16.3 Å². The fraction of sp³-hybridized carbons (Fsp3) is 0.133. The number of benzene rings is 2. The Morgan fingerprint density at radius 1 is 1.14 bits per heavy atom. The number of thioether (sulfide) groups is 1. The summed E-state index contributed by atoms with van der Waals surface area (Å²) in [5.41, 5.74) is -0.232. The summed E-state index contributed by atoms with van der Waals surface area (Å²) in [4.78, 5) is 13.0. The fourth-order valence-corrected chi connectivity index (χ4v) is 2.39. The molecule has 0 saturated heterocycles. The molecule has 0 saturated carbocycles. The van der Waals surface area contributed by atoms with E-state index in [2.05, 4.69) is 5.32 Å². The number of carbonyl (C=O) groups excluding carboxylic acids is 1. The number of anilines is 1. The highest BCUT2D eigenvalue weighted by Gasteiger charge is 2.30. The van der Waals surface area contributed by atoms with Crippen LogP contribution in [0.2, 0.25) is 5.02 Å². The van der Waals surface area contributed by atoms with Crippen LogP contribution in [0.15, 0.2) is 47.4 Å². The molecule has 2 aromatic rings. The largest absolute Gasteiger partial charge is 0.416 e. The Hall–Kier alpha value is -1.66. The van der Waals surface area contributed by atoms with Gasteiger partial charge in [0.05, 0.1) is 16.1 Å². The van der Waals surface area contributed by atoms with Gasteiger partial charge in [-0.3, -0.25) is 4.79 Å². The molecule has 2 nitrogen and oxygen atoms in total. The molecule has 0 aromatic heterocycles. The minimum atomic E-state index is -4.40. The van der Waals surface area contributed by atoms with Crippen LogP contribution in [0, 0.1) is 0 Å². The molecule has 0 bridgehead atoms. The van der Waals surface area contributed by atoms with Gasteiger partial charge in [0.25, 0.3) is 5.91 Å². The lowest BCUT2D eigenvalue weighted by Crippen LogP contribution is -2.13. The van der Waals surface area contributed by atoms with Crippen molar-refractivity contribution in [1.29, 1.82) is 0 Å². The molecule has 1 amide bonds. The summed E-state index contributed by atoms with van der Waals surface area (Å²) < 4.78 is 37.4. The van der Waals surface area contributed by atoms with Crippen molar-refractivity contribution in [2.45, 2.75) is 11.1 Å². The van der Waals surface area contributed by atoms with Crippen molar-refractivity contribution in [2.24, 2.45) is 0 Å². The Labute approximate surface area is 134 Å². The van der Waals surface area contributed by atoms with Crippen LogP contribution in [-0.2, 0) is 6.18 Å². The van der Waals surface area contributed by atoms with Crippen LogP contribution in [0.5, 0.6) is 0 Å². The molecule has 116 valence electrons. The summed E-state index contributed by atoms with van der Waals surface area (Å²) in [6.45, 7) is 0. The van der Waals surface area contributed by atoms with Crippen molar-refractivity contribution >= 4 is 35.0 Å². The van der Waals surface area contributed by atoms with Crippen molar-refractivity contribution < 1.29 is 18.0 Å². The quantitative estimate of drug-likeness (QED) is 0.761. The summed E-state index contributed by atoms with van der Waals surface area (Å²) in [7, 11) is 0. The maximum atomic E-state index is 12.5. The molecule has 7 heteroatoms. The Kier molecular flexibility index (Phi) is 5.03. The van der Waals surface area contributed by atoms with Gasteiger partial charge in [0.1, 0.15) is 0 Å². The van der Waals surface area contributed by atoms with Gasteiger partial charge in [-0.05, 0) is 48.7 Å². The number of halogens is 4. The molecule has 2 aromatic carbocycles. The van der Waals surface area contributed by atoms with Crippen molar-refractivity contribution in [2.75, 3.05) is 11.6 Å². The van der Waals surface area contributed by atoms with E-state index >= 15 is 0 Å². The first-order valence-corrected chi connectivity index (χ1v) is 7.73. The van der Waals surface area contributed by atoms with E-state index in [1.807, 2.05) is 6.26 Å². The standard InChI is InChI=1S/C15H11ClF3NOS/c1-22-11-6-7-13(16)12(8-11)14(21)20-10-4-2-9(3-5-10)15(17,18)19/h2-8H,1H3,(H,20,21). The van der Waals surface area contributed by atoms with Gasteiger partial charge in [0, 0.05) is 10.6 Å². The third-order valence-electron chi connectivity index (χ3n) is 2.89. The molecule has 0 spiro atoms. The lowest BCUT2D eigenvalue weighted by atomic mass is 10.1. The van der Waals surface area contributed by atoms with Gasteiger partial charge in [0.2, 0.25) is 0 Å². The van der Waals surface area contributed by atoms with Gasteiger partial charge >= 0.3 is 6.18 Å². The molecule has 0 aliphatic heterocycles. The van der Waals surface area contributed by atoms with Gasteiger partial charge < -0.3 is 5.32 Å². The molecule has 1 N–H and O–H groups in total. The van der Waals surface area contributed by atoms with Crippen LogP contribution >= 0.6 is 23.4 Å². The first-order chi connectivity index (χ1) is 10.3. The maximum absolute atomic E-state index is 12.5. The van der Waals surface area contributed by atoms with Crippen LogP contribution in [-0.4, -0.2) is 12.2 Å². The number of alkyl halides is 3. The summed E-state index contributed by atoms with van der Waals surface area (Å²) in [6.07, 6.45) is -2.54. The smallest absolute Gasteiger partial charge is 0.322 e. The predicted octanol–water partition coefficient (Wildman–Crippen LogP) is 5.33. The normalized spacial score (nSPS) is 11.3. The van der Waals surface area contributed by atoms with Crippen molar-refractivity contribution in [3.8, 4) is 0 Å². The second-order valence-corrected chi connectivity index (χ2v) is 5.66. The van der Waals surface area contributed by atoms with E-state index in [0.29, 0.717) is 0 Å². The molecule has 0 aliphatic carbocycles. The van der Waals surface area contributed by atoms with Crippen LogP contribution < -0.4 is 5.32 Å². The molecule has 0 fully saturated rings. The third kappa shape index (κ3) is 3.96. The van der Waals surface area contributed by atoms with E-state index in [1.54, 1.807) is 18.2 Å².